The lowest BCUT2D eigenvalue weighted by Gasteiger charge is -2.22. The lowest BCUT2D eigenvalue weighted by molar-refractivity contribution is 0.375. The second-order valence-electron chi connectivity index (χ2n) is 4.60. The Hall–Kier alpha value is -0.890. The van der Waals surface area contributed by atoms with Crippen molar-refractivity contribution in [3.63, 3.8) is 0 Å². The van der Waals surface area contributed by atoms with Crippen molar-refractivity contribution in [2.75, 3.05) is 26.7 Å². The van der Waals surface area contributed by atoms with Crippen LogP contribution in [0.2, 0.25) is 0 Å². The van der Waals surface area contributed by atoms with Gasteiger partial charge in [-0.3, -0.25) is 0 Å². The van der Waals surface area contributed by atoms with E-state index in [9.17, 15) is 8.42 Å². The highest BCUT2D eigenvalue weighted by atomic mass is 35.5. The molecule has 1 atom stereocenters. The van der Waals surface area contributed by atoms with Gasteiger partial charge in [0.2, 0.25) is 15.9 Å². The monoisotopic (exact) mass is 321 g/mol. The van der Waals surface area contributed by atoms with Crippen LogP contribution < -0.4 is 14.8 Å². The lowest BCUT2D eigenvalue weighted by Crippen LogP contribution is -2.38. The number of sulfonamides is 1. The van der Waals surface area contributed by atoms with E-state index in [1.807, 2.05) is 0 Å². The van der Waals surface area contributed by atoms with Crippen molar-refractivity contribution >= 4 is 22.4 Å². The van der Waals surface area contributed by atoms with E-state index in [1.165, 1.54) is 25.4 Å². The van der Waals surface area contributed by atoms with Gasteiger partial charge in [0.1, 0.15) is 4.90 Å². The van der Waals surface area contributed by atoms with E-state index in [0.29, 0.717) is 18.3 Å². The molecule has 0 bridgehead atoms. The van der Waals surface area contributed by atoms with Crippen molar-refractivity contribution in [1.29, 1.82) is 0 Å². The molecule has 0 saturated carbocycles. The van der Waals surface area contributed by atoms with Gasteiger partial charge in [-0.2, -0.15) is 0 Å². The predicted octanol–water partition coefficient (Wildman–Crippen LogP) is 0.790. The van der Waals surface area contributed by atoms with Crippen LogP contribution in [0.25, 0.3) is 0 Å². The van der Waals surface area contributed by atoms with E-state index < -0.39 is 10.0 Å². The SMILES string of the molecule is COc1ccc(S(=O)(=O)NCC2CCCNC2)cn1.Cl. The average Bonchev–Trinajstić information content (AvgIpc) is 2.46. The zero-order valence-electron chi connectivity index (χ0n) is 11.3. The lowest BCUT2D eigenvalue weighted by atomic mass is 10.0. The molecular weight excluding hydrogens is 302 g/mol. The molecule has 1 aliphatic heterocycles. The molecule has 2 heterocycles. The summed E-state index contributed by atoms with van der Waals surface area (Å²) in [5.74, 6) is 0.755. The van der Waals surface area contributed by atoms with Crippen molar-refractivity contribution in [2.45, 2.75) is 17.7 Å². The molecule has 20 heavy (non-hydrogen) atoms. The Morgan fingerprint density at radius 2 is 2.30 bits per heavy atom. The highest BCUT2D eigenvalue weighted by Crippen LogP contribution is 2.13. The molecule has 1 aromatic heterocycles. The number of ether oxygens (including phenoxy) is 1. The van der Waals surface area contributed by atoms with Gasteiger partial charge >= 0.3 is 0 Å². The molecule has 6 nitrogen and oxygen atoms in total. The third-order valence-corrected chi connectivity index (χ3v) is 4.60. The summed E-state index contributed by atoms with van der Waals surface area (Å²) in [6.07, 6.45) is 3.45. The highest BCUT2D eigenvalue weighted by Gasteiger charge is 2.18. The first-order valence-electron chi connectivity index (χ1n) is 6.32. The van der Waals surface area contributed by atoms with E-state index in [2.05, 4.69) is 15.0 Å². The van der Waals surface area contributed by atoms with Gasteiger partial charge < -0.3 is 10.1 Å². The van der Waals surface area contributed by atoms with Crippen LogP contribution in [0.4, 0.5) is 0 Å². The predicted molar refractivity (Wildman–Crippen MR) is 78.8 cm³/mol. The third-order valence-electron chi connectivity index (χ3n) is 3.19. The molecule has 0 radical (unpaired) electrons. The van der Waals surface area contributed by atoms with Crippen molar-refractivity contribution in [2.24, 2.45) is 5.92 Å². The number of pyridine rings is 1. The Morgan fingerprint density at radius 3 is 2.85 bits per heavy atom. The third kappa shape index (κ3) is 4.59. The fourth-order valence-corrected chi connectivity index (χ4v) is 3.12. The minimum atomic E-state index is -3.48. The zero-order chi connectivity index (χ0) is 13.7. The minimum Gasteiger partial charge on any atom is -0.481 e. The first-order valence-corrected chi connectivity index (χ1v) is 7.80. The summed E-state index contributed by atoms with van der Waals surface area (Å²) in [4.78, 5) is 4.07. The normalized spacial score (nSPS) is 19.1. The number of methoxy groups -OCH3 is 1. The fourth-order valence-electron chi connectivity index (χ4n) is 2.06. The number of hydrogen-bond acceptors (Lipinski definition) is 5. The first kappa shape index (κ1) is 17.2. The summed E-state index contributed by atoms with van der Waals surface area (Å²) in [7, 11) is -1.99. The average molecular weight is 322 g/mol. The van der Waals surface area contributed by atoms with E-state index in [0.717, 1.165) is 25.9 Å². The molecule has 1 saturated heterocycles. The molecule has 114 valence electrons. The quantitative estimate of drug-likeness (QED) is 0.838. The van der Waals surface area contributed by atoms with Gasteiger partial charge in [-0.15, -0.1) is 12.4 Å². The second-order valence-corrected chi connectivity index (χ2v) is 6.37. The molecule has 2 rings (SSSR count). The molecule has 0 aromatic carbocycles. The fraction of sp³-hybridized carbons (Fsp3) is 0.583. The molecule has 0 aliphatic carbocycles. The largest absolute Gasteiger partial charge is 0.481 e. The second kappa shape index (κ2) is 7.78. The Labute approximate surface area is 125 Å². The van der Waals surface area contributed by atoms with Crippen molar-refractivity contribution < 1.29 is 13.2 Å². The van der Waals surface area contributed by atoms with Gasteiger partial charge in [-0.05, 0) is 37.9 Å². The van der Waals surface area contributed by atoms with Crippen molar-refractivity contribution in [3.8, 4) is 5.88 Å². The number of aromatic nitrogens is 1. The van der Waals surface area contributed by atoms with Gasteiger partial charge in [0.05, 0.1) is 13.3 Å². The van der Waals surface area contributed by atoms with Crippen LogP contribution in [0.1, 0.15) is 12.8 Å². The topological polar surface area (TPSA) is 80.3 Å². The smallest absolute Gasteiger partial charge is 0.242 e. The molecule has 1 fully saturated rings. The molecule has 1 aliphatic rings. The Morgan fingerprint density at radius 1 is 1.50 bits per heavy atom. The van der Waals surface area contributed by atoms with Gasteiger partial charge in [0, 0.05) is 12.6 Å². The summed E-state index contributed by atoms with van der Waals surface area (Å²) in [6.45, 7) is 2.34. The standard InChI is InChI=1S/C12H19N3O3S.ClH/c1-18-12-5-4-11(9-14-12)19(16,17)15-8-10-3-2-6-13-7-10;/h4-5,9-10,13,15H,2-3,6-8H2,1H3;1H. The Kier molecular flexibility index (Phi) is 6.67. The first-order chi connectivity index (χ1) is 9.12. The van der Waals surface area contributed by atoms with Gasteiger partial charge in [-0.25, -0.2) is 18.1 Å². The van der Waals surface area contributed by atoms with Crippen LogP contribution in [0.5, 0.6) is 5.88 Å². The van der Waals surface area contributed by atoms with E-state index >= 15 is 0 Å². The zero-order valence-corrected chi connectivity index (χ0v) is 13.0. The molecule has 1 aromatic rings. The van der Waals surface area contributed by atoms with Crippen LogP contribution in [0.3, 0.4) is 0 Å². The summed E-state index contributed by atoms with van der Waals surface area (Å²) in [5.41, 5.74) is 0. The number of rotatable bonds is 5. The van der Waals surface area contributed by atoms with Crippen molar-refractivity contribution in [3.05, 3.63) is 18.3 Å². The molecule has 2 N–H and O–H groups in total. The van der Waals surface area contributed by atoms with E-state index in [4.69, 9.17) is 4.74 Å². The molecule has 0 amide bonds. The summed E-state index contributed by atoms with van der Waals surface area (Å²) < 4.78 is 31.7. The molecule has 1 unspecified atom stereocenters. The minimum absolute atomic E-state index is 0. The van der Waals surface area contributed by atoms with Crippen LogP contribution in [-0.2, 0) is 10.0 Å². The Balaban J connectivity index is 0.00000200. The maximum absolute atomic E-state index is 12.1. The van der Waals surface area contributed by atoms with E-state index in [1.54, 1.807) is 0 Å². The van der Waals surface area contributed by atoms with E-state index in [-0.39, 0.29) is 17.3 Å². The Bertz CT molecular complexity index is 501. The number of nitrogens with zero attached hydrogens (tertiary/aromatic N) is 1. The molecule has 8 heteroatoms. The summed E-state index contributed by atoms with van der Waals surface area (Å²) in [6, 6.07) is 3.03. The number of halogens is 1. The maximum Gasteiger partial charge on any atom is 0.242 e. The maximum atomic E-state index is 12.1. The summed E-state index contributed by atoms with van der Waals surface area (Å²) in [5, 5.41) is 3.26. The summed E-state index contributed by atoms with van der Waals surface area (Å²) >= 11 is 0. The van der Waals surface area contributed by atoms with Crippen LogP contribution >= 0.6 is 12.4 Å². The van der Waals surface area contributed by atoms with Gasteiger partial charge in [-0.1, -0.05) is 0 Å². The van der Waals surface area contributed by atoms with Gasteiger partial charge in [0.25, 0.3) is 0 Å². The molecule has 0 spiro atoms. The number of hydrogen-bond donors (Lipinski definition) is 2. The number of piperidine rings is 1. The van der Waals surface area contributed by atoms with Crippen LogP contribution in [-0.4, -0.2) is 40.1 Å². The number of nitrogens with one attached hydrogen (secondary N) is 2. The van der Waals surface area contributed by atoms with Crippen LogP contribution in [0, 0.1) is 5.92 Å². The van der Waals surface area contributed by atoms with Gasteiger partial charge in [0.15, 0.2) is 0 Å². The highest BCUT2D eigenvalue weighted by molar-refractivity contribution is 7.89. The molecular formula is C12H20ClN3O3S. The van der Waals surface area contributed by atoms with Crippen LogP contribution in [0.15, 0.2) is 23.2 Å². The van der Waals surface area contributed by atoms with Crippen molar-refractivity contribution in [1.82, 2.24) is 15.0 Å².